The van der Waals surface area contributed by atoms with Gasteiger partial charge in [0.15, 0.2) is 5.60 Å². The lowest BCUT2D eigenvalue weighted by Crippen LogP contribution is -2.21. The van der Waals surface area contributed by atoms with E-state index in [1.165, 1.54) is 0 Å². The molecule has 0 amide bonds. The van der Waals surface area contributed by atoms with Crippen molar-refractivity contribution in [3.05, 3.63) is 57.2 Å². The van der Waals surface area contributed by atoms with Crippen molar-refractivity contribution in [3.8, 4) is 23.5 Å². The molecule has 2 aromatic rings. The number of hydrogen-bond donors (Lipinski definition) is 1. The first-order chi connectivity index (χ1) is 8.16. The van der Waals surface area contributed by atoms with Crippen molar-refractivity contribution in [1.82, 2.24) is 0 Å². The van der Waals surface area contributed by atoms with Crippen LogP contribution in [0.25, 0.3) is 11.1 Å². The summed E-state index contributed by atoms with van der Waals surface area (Å²) in [6.45, 7) is 0. The van der Waals surface area contributed by atoms with Gasteiger partial charge in [0.25, 0.3) is 0 Å². The number of terminal acetylenes is 1. The molecule has 3 rings (SSSR count). The Kier molecular flexibility index (Phi) is 2.29. The third-order valence-electron chi connectivity index (χ3n) is 3.19. The summed E-state index contributed by atoms with van der Waals surface area (Å²) in [6, 6.07) is 13.7. The van der Waals surface area contributed by atoms with E-state index in [1.807, 2.05) is 42.5 Å². The standard InChI is InChI=1S/C15H9IO/c1-2-15(17)13-6-4-3-5-11(13)12-8-7-10(16)9-14(12)15/h1,3-9,17H. The van der Waals surface area contributed by atoms with Crippen LogP contribution in [0.15, 0.2) is 42.5 Å². The van der Waals surface area contributed by atoms with E-state index in [-0.39, 0.29) is 0 Å². The Morgan fingerprint density at radius 1 is 1.06 bits per heavy atom. The molecule has 2 heteroatoms. The summed E-state index contributed by atoms with van der Waals surface area (Å²) in [4.78, 5) is 0. The van der Waals surface area contributed by atoms with Crippen molar-refractivity contribution in [2.75, 3.05) is 0 Å². The average Bonchev–Trinajstić information content (AvgIpc) is 2.61. The van der Waals surface area contributed by atoms with Gasteiger partial charge in [0.2, 0.25) is 0 Å². The maximum atomic E-state index is 10.7. The molecule has 0 spiro atoms. The second-order valence-electron chi connectivity index (χ2n) is 4.09. The largest absolute Gasteiger partial charge is 0.369 e. The van der Waals surface area contributed by atoms with E-state index in [2.05, 4.69) is 28.5 Å². The second-order valence-corrected chi connectivity index (χ2v) is 5.34. The summed E-state index contributed by atoms with van der Waals surface area (Å²) in [5, 5.41) is 10.7. The molecule has 0 aliphatic heterocycles. The Bertz CT molecular complexity index is 654. The van der Waals surface area contributed by atoms with Gasteiger partial charge in [0.05, 0.1) is 0 Å². The van der Waals surface area contributed by atoms with Crippen LogP contribution in [0.3, 0.4) is 0 Å². The second kappa shape index (κ2) is 3.59. The van der Waals surface area contributed by atoms with Gasteiger partial charge in [0.1, 0.15) is 0 Å². The first kappa shape index (κ1) is 10.8. The van der Waals surface area contributed by atoms with Crippen LogP contribution in [0.1, 0.15) is 11.1 Å². The average molecular weight is 332 g/mol. The lowest BCUT2D eigenvalue weighted by atomic mass is 9.93. The van der Waals surface area contributed by atoms with Crippen LogP contribution in [0.4, 0.5) is 0 Å². The molecule has 82 valence electrons. The Morgan fingerprint density at radius 3 is 2.53 bits per heavy atom. The van der Waals surface area contributed by atoms with Crippen LogP contribution in [0.2, 0.25) is 0 Å². The minimum Gasteiger partial charge on any atom is -0.369 e. The van der Waals surface area contributed by atoms with Gasteiger partial charge < -0.3 is 5.11 Å². The highest BCUT2D eigenvalue weighted by Crippen LogP contribution is 2.47. The van der Waals surface area contributed by atoms with E-state index in [0.29, 0.717) is 0 Å². The Balaban J connectivity index is 2.43. The predicted molar refractivity (Wildman–Crippen MR) is 76.4 cm³/mol. The maximum Gasteiger partial charge on any atom is 0.177 e. The van der Waals surface area contributed by atoms with Crippen molar-refractivity contribution >= 4 is 22.6 Å². The smallest absolute Gasteiger partial charge is 0.177 e. The maximum absolute atomic E-state index is 10.7. The lowest BCUT2D eigenvalue weighted by Gasteiger charge is -2.18. The summed E-state index contributed by atoms with van der Waals surface area (Å²) in [7, 11) is 0. The van der Waals surface area contributed by atoms with Gasteiger partial charge in [-0.15, -0.1) is 6.42 Å². The molecule has 0 saturated carbocycles. The molecule has 1 aliphatic rings. The Labute approximate surface area is 114 Å². The summed E-state index contributed by atoms with van der Waals surface area (Å²) in [5.74, 6) is 2.53. The predicted octanol–water partition coefficient (Wildman–Crippen LogP) is 3.14. The monoisotopic (exact) mass is 332 g/mol. The molecule has 0 fully saturated rings. The minimum absolute atomic E-state index is 0.805. The molecular weight excluding hydrogens is 323 g/mol. The highest BCUT2D eigenvalue weighted by molar-refractivity contribution is 14.1. The summed E-state index contributed by atoms with van der Waals surface area (Å²) in [6.07, 6.45) is 5.55. The molecule has 0 radical (unpaired) electrons. The van der Waals surface area contributed by atoms with Crippen LogP contribution >= 0.6 is 22.6 Å². The molecule has 2 aromatic carbocycles. The summed E-state index contributed by atoms with van der Waals surface area (Å²) < 4.78 is 1.07. The Hall–Kier alpha value is -1.31. The molecule has 0 aromatic heterocycles. The summed E-state index contributed by atoms with van der Waals surface area (Å²) >= 11 is 2.23. The molecule has 1 unspecified atom stereocenters. The van der Waals surface area contributed by atoms with Crippen LogP contribution in [-0.2, 0) is 5.60 Å². The first-order valence-corrected chi connectivity index (χ1v) is 6.35. The molecule has 0 saturated heterocycles. The fourth-order valence-electron chi connectivity index (χ4n) is 2.38. The molecule has 17 heavy (non-hydrogen) atoms. The lowest BCUT2D eigenvalue weighted by molar-refractivity contribution is 0.150. The molecule has 1 atom stereocenters. The van der Waals surface area contributed by atoms with Gasteiger partial charge in [-0.1, -0.05) is 36.3 Å². The van der Waals surface area contributed by atoms with E-state index >= 15 is 0 Å². The number of halogens is 1. The number of benzene rings is 2. The Morgan fingerprint density at radius 2 is 1.76 bits per heavy atom. The van der Waals surface area contributed by atoms with Crippen LogP contribution in [0.5, 0.6) is 0 Å². The topological polar surface area (TPSA) is 20.2 Å². The van der Waals surface area contributed by atoms with Crippen molar-refractivity contribution in [1.29, 1.82) is 0 Å². The molecule has 0 bridgehead atoms. The van der Waals surface area contributed by atoms with Gasteiger partial charge in [-0.25, -0.2) is 0 Å². The number of aliphatic hydroxyl groups is 1. The molecule has 1 N–H and O–H groups in total. The van der Waals surface area contributed by atoms with Crippen molar-refractivity contribution in [2.24, 2.45) is 0 Å². The number of fused-ring (bicyclic) bond motifs is 3. The van der Waals surface area contributed by atoms with E-state index in [1.54, 1.807) is 0 Å². The van der Waals surface area contributed by atoms with Gasteiger partial charge in [-0.2, -0.15) is 0 Å². The normalized spacial score (nSPS) is 20.5. The van der Waals surface area contributed by atoms with Crippen LogP contribution < -0.4 is 0 Å². The zero-order chi connectivity index (χ0) is 12.0. The number of rotatable bonds is 0. The molecule has 1 aliphatic carbocycles. The fraction of sp³-hybridized carbons (Fsp3) is 0.0667. The zero-order valence-electron chi connectivity index (χ0n) is 8.94. The SMILES string of the molecule is C#CC1(O)c2ccccc2-c2ccc(I)cc21. The molecule has 1 nitrogen and oxygen atoms in total. The van der Waals surface area contributed by atoms with Gasteiger partial charge >= 0.3 is 0 Å². The van der Waals surface area contributed by atoms with Gasteiger partial charge in [0, 0.05) is 14.7 Å². The van der Waals surface area contributed by atoms with E-state index in [0.717, 1.165) is 25.8 Å². The highest BCUT2D eigenvalue weighted by Gasteiger charge is 2.39. The van der Waals surface area contributed by atoms with E-state index < -0.39 is 5.60 Å². The fourth-order valence-corrected chi connectivity index (χ4v) is 2.88. The highest BCUT2D eigenvalue weighted by atomic mass is 127. The minimum atomic E-state index is -1.28. The van der Waals surface area contributed by atoms with E-state index in [4.69, 9.17) is 6.42 Å². The third kappa shape index (κ3) is 1.36. The van der Waals surface area contributed by atoms with Gasteiger partial charge in [-0.3, -0.25) is 0 Å². The van der Waals surface area contributed by atoms with Crippen molar-refractivity contribution in [3.63, 3.8) is 0 Å². The third-order valence-corrected chi connectivity index (χ3v) is 3.86. The van der Waals surface area contributed by atoms with Crippen molar-refractivity contribution in [2.45, 2.75) is 5.60 Å². The van der Waals surface area contributed by atoms with Crippen molar-refractivity contribution < 1.29 is 5.11 Å². The summed E-state index contributed by atoms with van der Waals surface area (Å²) in [5.41, 5.74) is 2.39. The van der Waals surface area contributed by atoms with Gasteiger partial charge in [-0.05, 0) is 45.9 Å². The molecule has 0 heterocycles. The number of hydrogen-bond acceptors (Lipinski definition) is 1. The quantitative estimate of drug-likeness (QED) is 0.581. The van der Waals surface area contributed by atoms with E-state index in [9.17, 15) is 5.11 Å². The first-order valence-electron chi connectivity index (χ1n) is 5.27. The molecular formula is C15H9IO. The van der Waals surface area contributed by atoms with Crippen LogP contribution in [0, 0.1) is 15.9 Å². The van der Waals surface area contributed by atoms with Crippen LogP contribution in [-0.4, -0.2) is 5.11 Å². The zero-order valence-corrected chi connectivity index (χ0v) is 11.1.